The Bertz CT molecular complexity index is 399. The summed E-state index contributed by atoms with van der Waals surface area (Å²) in [7, 11) is 3.69. The van der Waals surface area contributed by atoms with Crippen molar-refractivity contribution >= 4 is 0 Å². The molecule has 2 unspecified atom stereocenters. The largest absolute Gasteiger partial charge is 0.384 e. The van der Waals surface area contributed by atoms with Crippen LogP contribution in [-0.2, 0) is 4.74 Å². The Labute approximate surface area is 120 Å². The van der Waals surface area contributed by atoms with Crippen LogP contribution in [0.4, 0.5) is 4.39 Å². The van der Waals surface area contributed by atoms with E-state index in [1.807, 2.05) is 7.05 Å². The van der Waals surface area contributed by atoms with Crippen LogP contribution in [0, 0.1) is 11.7 Å². The van der Waals surface area contributed by atoms with E-state index in [-0.39, 0.29) is 11.9 Å². The molecule has 112 valence electrons. The first-order valence-corrected chi connectivity index (χ1v) is 7.23. The molecule has 5 heteroatoms. The number of ether oxygens (including phenoxy) is 1. The smallest absolute Gasteiger partial charge is 0.141 e. The highest BCUT2D eigenvalue weighted by atomic mass is 19.1. The van der Waals surface area contributed by atoms with E-state index in [1.165, 1.54) is 18.7 Å². The third-order valence-electron chi connectivity index (χ3n) is 3.96. The molecule has 0 aliphatic carbocycles. The fourth-order valence-electron chi connectivity index (χ4n) is 2.83. The lowest BCUT2D eigenvalue weighted by Gasteiger charge is -2.21. The van der Waals surface area contributed by atoms with Crippen molar-refractivity contribution in [2.75, 3.05) is 40.4 Å². The molecule has 2 atom stereocenters. The van der Waals surface area contributed by atoms with Crippen molar-refractivity contribution < 1.29 is 9.13 Å². The van der Waals surface area contributed by atoms with Crippen LogP contribution in [-0.4, -0.2) is 50.3 Å². The summed E-state index contributed by atoms with van der Waals surface area (Å²) in [6, 6.07) is 3.41. The van der Waals surface area contributed by atoms with E-state index in [4.69, 9.17) is 4.74 Å². The zero-order valence-corrected chi connectivity index (χ0v) is 12.3. The van der Waals surface area contributed by atoms with Gasteiger partial charge in [0.15, 0.2) is 0 Å². The molecular weight excluding hydrogens is 257 g/mol. The average molecular weight is 281 g/mol. The molecule has 1 aliphatic heterocycles. The van der Waals surface area contributed by atoms with Gasteiger partial charge in [-0.05, 0) is 44.5 Å². The molecule has 2 heterocycles. The van der Waals surface area contributed by atoms with Crippen LogP contribution < -0.4 is 5.32 Å². The van der Waals surface area contributed by atoms with Crippen molar-refractivity contribution in [1.82, 2.24) is 15.2 Å². The van der Waals surface area contributed by atoms with Crippen molar-refractivity contribution in [3.05, 3.63) is 29.8 Å². The van der Waals surface area contributed by atoms with Crippen LogP contribution in [0.2, 0.25) is 0 Å². The van der Waals surface area contributed by atoms with E-state index >= 15 is 0 Å². The zero-order chi connectivity index (χ0) is 14.4. The molecule has 0 aromatic carbocycles. The third kappa shape index (κ3) is 4.23. The Hall–Kier alpha value is -1.04. The van der Waals surface area contributed by atoms with Crippen LogP contribution in [0.5, 0.6) is 0 Å². The van der Waals surface area contributed by atoms with Gasteiger partial charge in [-0.15, -0.1) is 0 Å². The number of hydrogen-bond donors (Lipinski definition) is 1. The predicted octanol–water partition coefficient (Wildman–Crippen LogP) is 1.84. The number of halogens is 1. The van der Waals surface area contributed by atoms with Gasteiger partial charge in [-0.3, -0.25) is 4.98 Å². The zero-order valence-electron chi connectivity index (χ0n) is 12.3. The lowest BCUT2D eigenvalue weighted by atomic mass is 10.1. The number of nitrogens with one attached hydrogen (secondary N) is 1. The molecule has 4 nitrogen and oxygen atoms in total. The minimum atomic E-state index is -0.287. The summed E-state index contributed by atoms with van der Waals surface area (Å²) in [6.45, 7) is 4.14. The molecule has 1 aliphatic rings. The van der Waals surface area contributed by atoms with Gasteiger partial charge < -0.3 is 15.0 Å². The summed E-state index contributed by atoms with van der Waals surface area (Å²) < 4.78 is 18.1. The summed E-state index contributed by atoms with van der Waals surface area (Å²) in [5, 5.41) is 3.26. The number of aromatic nitrogens is 1. The van der Waals surface area contributed by atoms with Crippen molar-refractivity contribution in [2.24, 2.45) is 5.92 Å². The van der Waals surface area contributed by atoms with Crippen LogP contribution in [0.25, 0.3) is 0 Å². The number of likely N-dealkylation sites (tertiary alicyclic amines) is 1. The fourth-order valence-corrected chi connectivity index (χ4v) is 2.83. The molecule has 1 aromatic heterocycles. The number of hydrogen-bond acceptors (Lipinski definition) is 4. The number of pyridine rings is 1. The van der Waals surface area contributed by atoms with E-state index in [2.05, 4.69) is 15.2 Å². The molecule has 20 heavy (non-hydrogen) atoms. The second-order valence-corrected chi connectivity index (χ2v) is 5.44. The second-order valence-electron chi connectivity index (χ2n) is 5.44. The van der Waals surface area contributed by atoms with Crippen molar-refractivity contribution in [2.45, 2.75) is 18.9 Å². The van der Waals surface area contributed by atoms with Gasteiger partial charge in [0.25, 0.3) is 0 Å². The second kappa shape index (κ2) is 7.67. The van der Waals surface area contributed by atoms with Gasteiger partial charge in [-0.25, -0.2) is 4.39 Å². The minimum absolute atomic E-state index is 0.178. The van der Waals surface area contributed by atoms with Crippen LogP contribution in [0.1, 0.15) is 24.6 Å². The Kier molecular flexibility index (Phi) is 5.88. The van der Waals surface area contributed by atoms with Crippen molar-refractivity contribution in [3.63, 3.8) is 0 Å². The highest BCUT2D eigenvalue weighted by molar-refractivity contribution is 5.09. The monoisotopic (exact) mass is 281 g/mol. The first-order chi connectivity index (χ1) is 9.72. The summed E-state index contributed by atoms with van der Waals surface area (Å²) in [4.78, 5) is 6.63. The summed E-state index contributed by atoms with van der Waals surface area (Å²) >= 11 is 0. The topological polar surface area (TPSA) is 37.4 Å². The van der Waals surface area contributed by atoms with E-state index in [0.29, 0.717) is 5.92 Å². The first-order valence-electron chi connectivity index (χ1n) is 7.23. The molecule has 0 radical (unpaired) electrons. The Morgan fingerprint density at radius 3 is 3.05 bits per heavy atom. The quantitative estimate of drug-likeness (QED) is 0.827. The standard InChI is InChI=1S/C15H24FN3O/c1-17-14(15-4-3-13(16)9-18-15)6-8-19-7-5-12(10-19)11-20-2/h3-4,9,12,14,17H,5-8,10-11H2,1-2H3. The highest BCUT2D eigenvalue weighted by Gasteiger charge is 2.23. The number of nitrogens with zero attached hydrogens (tertiary/aromatic N) is 2. The van der Waals surface area contributed by atoms with Gasteiger partial charge in [-0.1, -0.05) is 0 Å². The lowest BCUT2D eigenvalue weighted by Crippen LogP contribution is -2.27. The normalized spacial score (nSPS) is 21.2. The molecule has 0 spiro atoms. The molecule has 0 bridgehead atoms. The van der Waals surface area contributed by atoms with Crippen LogP contribution >= 0.6 is 0 Å². The number of methoxy groups -OCH3 is 1. The highest BCUT2D eigenvalue weighted by Crippen LogP contribution is 2.20. The van der Waals surface area contributed by atoms with Gasteiger partial charge in [0.1, 0.15) is 5.82 Å². The van der Waals surface area contributed by atoms with E-state index in [0.717, 1.165) is 38.4 Å². The third-order valence-corrected chi connectivity index (χ3v) is 3.96. The Morgan fingerprint density at radius 1 is 1.55 bits per heavy atom. The summed E-state index contributed by atoms with van der Waals surface area (Å²) in [6.07, 6.45) is 3.48. The lowest BCUT2D eigenvalue weighted by molar-refractivity contribution is 0.152. The van der Waals surface area contributed by atoms with Crippen molar-refractivity contribution in [3.8, 4) is 0 Å². The molecule has 0 amide bonds. The van der Waals surface area contributed by atoms with Gasteiger partial charge in [0.05, 0.1) is 24.5 Å². The number of rotatable bonds is 7. The van der Waals surface area contributed by atoms with E-state index in [1.54, 1.807) is 13.2 Å². The maximum atomic E-state index is 12.9. The average Bonchev–Trinajstić information content (AvgIpc) is 2.89. The summed E-state index contributed by atoms with van der Waals surface area (Å²) in [5.74, 6) is 0.377. The molecule has 0 saturated carbocycles. The maximum absolute atomic E-state index is 12.9. The van der Waals surface area contributed by atoms with E-state index < -0.39 is 0 Å². The summed E-state index contributed by atoms with van der Waals surface area (Å²) in [5.41, 5.74) is 0.904. The first kappa shape index (κ1) is 15.4. The molecule has 1 fully saturated rings. The molecule has 2 rings (SSSR count). The van der Waals surface area contributed by atoms with Crippen LogP contribution in [0.15, 0.2) is 18.3 Å². The molecule has 1 aromatic rings. The molecular formula is C15H24FN3O. The fraction of sp³-hybridized carbons (Fsp3) is 0.667. The molecule has 1 N–H and O–H groups in total. The van der Waals surface area contributed by atoms with Gasteiger partial charge in [-0.2, -0.15) is 0 Å². The Balaban J connectivity index is 1.81. The molecule has 1 saturated heterocycles. The Morgan fingerprint density at radius 2 is 2.40 bits per heavy atom. The van der Waals surface area contributed by atoms with Crippen LogP contribution in [0.3, 0.4) is 0 Å². The van der Waals surface area contributed by atoms with Gasteiger partial charge in [0, 0.05) is 20.2 Å². The van der Waals surface area contributed by atoms with Gasteiger partial charge in [0.2, 0.25) is 0 Å². The SMILES string of the molecule is CNC(CCN1CCC(COC)C1)c1ccc(F)cn1. The van der Waals surface area contributed by atoms with Gasteiger partial charge >= 0.3 is 0 Å². The van der Waals surface area contributed by atoms with Crippen molar-refractivity contribution in [1.29, 1.82) is 0 Å². The minimum Gasteiger partial charge on any atom is -0.384 e. The predicted molar refractivity (Wildman–Crippen MR) is 77.0 cm³/mol. The van der Waals surface area contributed by atoms with E-state index in [9.17, 15) is 4.39 Å². The maximum Gasteiger partial charge on any atom is 0.141 e.